The molecule has 0 bridgehead atoms. The van der Waals surface area contributed by atoms with E-state index in [1.165, 1.54) is 0 Å². The number of hydrogen-bond acceptors (Lipinski definition) is 4. The maximum absolute atomic E-state index is 12.0. The minimum Gasteiger partial charge on any atom is -0.368 e. The zero-order chi connectivity index (χ0) is 13.4. The summed E-state index contributed by atoms with van der Waals surface area (Å²) in [6.45, 7) is 0.573. The Morgan fingerprint density at radius 1 is 1.32 bits per heavy atom. The van der Waals surface area contributed by atoms with Crippen LogP contribution in [0.1, 0.15) is 33.6 Å². The Morgan fingerprint density at radius 2 is 2.16 bits per heavy atom. The molecule has 0 aromatic heterocycles. The van der Waals surface area contributed by atoms with E-state index in [9.17, 15) is 14.4 Å². The Morgan fingerprint density at radius 3 is 2.89 bits per heavy atom. The van der Waals surface area contributed by atoms with Crippen molar-refractivity contribution in [3.63, 3.8) is 0 Å². The number of benzene rings is 1. The van der Waals surface area contributed by atoms with Gasteiger partial charge in [-0.2, -0.15) is 0 Å². The molecule has 1 fully saturated rings. The first-order valence-corrected chi connectivity index (χ1v) is 6.08. The highest BCUT2D eigenvalue weighted by Gasteiger charge is 2.31. The van der Waals surface area contributed by atoms with Gasteiger partial charge in [0.2, 0.25) is 0 Å². The van der Waals surface area contributed by atoms with Crippen LogP contribution in [0.2, 0.25) is 0 Å². The summed E-state index contributed by atoms with van der Waals surface area (Å²) in [5.41, 5.74) is 0.857. The fourth-order valence-electron chi connectivity index (χ4n) is 2.32. The molecule has 0 saturated carbocycles. The lowest BCUT2D eigenvalue weighted by Crippen LogP contribution is -2.28. The first-order valence-electron chi connectivity index (χ1n) is 6.08. The van der Waals surface area contributed by atoms with Gasteiger partial charge in [0.1, 0.15) is 6.10 Å². The minimum atomic E-state index is -0.483. The number of fused-ring (bicyclic) bond motifs is 1. The van der Waals surface area contributed by atoms with E-state index in [-0.39, 0.29) is 17.0 Å². The predicted molar refractivity (Wildman–Crippen MR) is 65.8 cm³/mol. The highest BCUT2D eigenvalue weighted by atomic mass is 16.5. The summed E-state index contributed by atoms with van der Waals surface area (Å²) in [6, 6.07) is 4.78. The molecule has 1 saturated heterocycles. The monoisotopic (exact) mass is 260 g/mol. The maximum Gasteiger partial charge on any atom is 0.261 e. The van der Waals surface area contributed by atoms with Crippen molar-refractivity contribution in [3.8, 4) is 0 Å². The maximum atomic E-state index is 12.0. The molecule has 0 spiro atoms. The van der Waals surface area contributed by atoms with Crippen LogP contribution in [-0.2, 0) is 9.53 Å². The molecule has 2 aliphatic rings. The second-order valence-electron chi connectivity index (χ2n) is 4.50. The van der Waals surface area contributed by atoms with Crippen molar-refractivity contribution in [2.45, 2.75) is 18.9 Å². The topological polar surface area (TPSA) is 84.5 Å². The van der Waals surface area contributed by atoms with Crippen molar-refractivity contribution in [2.75, 3.05) is 11.9 Å². The molecule has 0 radical (unpaired) electrons. The summed E-state index contributed by atoms with van der Waals surface area (Å²) in [5.74, 6) is -1.20. The number of hydrogen-bond donors (Lipinski definition) is 2. The van der Waals surface area contributed by atoms with Gasteiger partial charge in [-0.05, 0) is 25.0 Å². The lowest BCUT2D eigenvalue weighted by atomic mass is 10.1. The molecule has 1 aromatic carbocycles. The van der Waals surface area contributed by atoms with Crippen molar-refractivity contribution in [1.29, 1.82) is 0 Å². The summed E-state index contributed by atoms with van der Waals surface area (Å²) in [7, 11) is 0. The van der Waals surface area contributed by atoms with E-state index in [0.29, 0.717) is 18.7 Å². The molecular formula is C13H12N2O4. The van der Waals surface area contributed by atoms with E-state index < -0.39 is 17.9 Å². The van der Waals surface area contributed by atoms with Gasteiger partial charge in [0.15, 0.2) is 0 Å². The third-order valence-corrected chi connectivity index (χ3v) is 3.24. The smallest absolute Gasteiger partial charge is 0.261 e. The molecule has 1 aromatic rings. The largest absolute Gasteiger partial charge is 0.368 e. The highest BCUT2D eigenvalue weighted by molar-refractivity contribution is 6.24. The molecule has 6 heteroatoms. The summed E-state index contributed by atoms with van der Waals surface area (Å²) < 4.78 is 5.27. The Kier molecular flexibility index (Phi) is 2.79. The number of rotatable bonds is 2. The second kappa shape index (κ2) is 4.47. The van der Waals surface area contributed by atoms with E-state index in [2.05, 4.69) is 10.6 Å². The normalized spacial score (nSPS) is 21.2. The lowest BCUT2D eigenvalue weighted by Gasteiger charge is -2.12. The van der Waals surface area contributed by atoms with Crippen LogP contribution in [0.4, 0.5) is 5.69 Å². The van der Waals surface area contributed by atoms with Crippen LogP contribution in [0, 0.1) is 0 Å². The third kappa shape index (κ3) is 2.00. The molecule has 98 valence electrons. The van der Waals surface area contributed by atoms with Crippen LogP contribution in [0.5, 0.6) is 0 Å². The number of amides is 3. The van der Waals surface area contributed by atoms with Gasteiger partial charge in [-0.1, -0.05) is 6.07 Å². The molecule has 1 atom stereocenters. The zero-order valence-corrected chi connectivity index (χ0v) is 10.1. The first-order chi connectivity index (χ1) is 9.16. The van der Waals surface area contributed by atoms with Gasteiger partial charge in [-0.15, -0.1) is 0 Å². The van der Waals surface area contributed by atoms with Gasteiger partial charge in [0.05, 0.1) is 16.8 Å². The van der Waals surface area contributed by atoms with E-state index >= 15 is 0 Å². The number of nitrogens with one attached hydrogen (secondary N) is 2. The Hall–Kier alpha value is -2.21. The quantitative estimate of drug-likeness (QED) is 0.766. The third-order valence-electron chi connectivity index (χ3n) is 3.24. The molecule has 0 aliphatic carbocycles. The second-order valence-corrected chi connectivity index (χ2v) is 4.50. The average Bonchev–Trinajstić information content (AvgIpc) is 3.00. The molecule has 6 nitrogen and oxygen atoms in total. The van der Waals surface area contributed by atoms with Crippen LogP contribution in [-0.4, -0.2) is 30.4 Å². The zero-order valence-electron chi connectivity index (χ0n) is 10.1. The van der Waals surface area contributed by atoms with E-state index in [1.807, 2.05) is 0 Å². The molecule has 2 aliphatic heterocycles. The van der Waals surface area contributed by atoms with E-state index in [1.54, 1.807) is 18.2 Å². The number of imide groups is 1. The van der Waals surface area contributed by atoms with Gasteiger partial charge in [-0.3, -0.25) is 19.7 Å². The molecule has 2 N–H and O–H groups in total. The van der Waals surface area contributed by atoms with Gasteiger partial charge < -0.3 is 10.1 Å². The van der Waals surface area contributed by atoms with Crippen LogP contribution in [0.15, 0.2) is 18.2 Å². The first kappa shape index (κ1) is 11.9. The minimum absolute atomic E-state index is 0.221. The summed E-state index contributed by atoms with van der Waals surface area (Å²) >= 11 is 0. The predicted octanol–water partition coefficient (Wildman–Crippen LogP) is 0.688. The highest BCUT2D eigenvalue weighted by Crippen LogP contribution is 2.25. The number of anilines is 1. The molecule has 19 heavy (non-hydrogen) atoms. The molecule has 2 heterocycles. The van der Waals surface area contributed by atoms with Crippen molar-refractivity contribution >= 4 is 23.4 Å². The van der Waals surface area contributed by atoms with Crippen LogP contribution in [0.25, 0.3) is 0 Å². The fraction of sp³-hybridized carbons (Fsp3) is 0.308. The SMILES string of the molecule is O=C1NC(=O)c2c(NC(=O)[C@@H]3CCCO3)cccc21. The van der Waals surface area contributed by atoms with Gasteiger partial charge in [-0.25, -0.2) is 0 Å². The molecule has 0 unspecified atom stereocenters. The Balaban J connectivity index is 1.88. The number of ether oxygens (including phenoxy) is 1. The van der Waals surface area contributed by atoms with Crippen LogP contribution < -0.4 is 10.6 Å². The van der Waals surface area contributed by atoms with Crippen molar-refractivity contribution < 1.29 is 19.1 Å². The van der Waals surface area contributed by atoms with Crippen molar-refractivity contribution in [3.05, 3.63) is 29.3 Å². The lowest BCUT2D eigenvalue weighted by molar-refractivity contribution is -0.124. The van der Waals surface area contributed by atoms with Crippen LogP contribution >= 0.6 is 0 Å². The number of carbonyl (C=O) groups excluding carboxylic acids is 3. The fourth-order valence-corrected chi connectivity index (χ4v) is 2.32. The summed E-state index contributed by atoms with van der Waals surface area (Å²) in [5, 5.41) is 4.86. The van der Waals surface area contributed by atoms with Gasteiger partial charge >= 0.3 is 0 Å². The Bertz CT molecular complexity index is 576. The standard InChI is InChI=1S/C13H12N2O4/c16-11-7-3-1-4-8(10(7)13(18)15-11)14-12(17)9-5-2-6-19-9/h1,3-4,9H,2,5-6H2,(H,14,17)(H,15,16,18)/t9-/m0/s1. The van der Waals surface area contributed by atoms with Crippen molar-refractivity contribution in [2.24, 2.45) is 0 Å². The van der Waals surface area contributed by atoms with Crippen LogP contribution in [0.3, 0.4) is 0 Å². The van der Waals surface area contributed by atoms with E-state index in [0.717, 1.165) is 6.42 Å². The van der Waals surface area contributed by atoms with Crippen molar-refractivity contribution in [1.82, 2.24) is 5.32 Å². The molecule has 3 rings (SSSR count). The Labute approximate surface area is 109 Å². The number of carbonyl (C=O) groups is 3. The summed E-state index contributed by atoms with van der Waals surface area (Å²) in [4.78, 5) is 35.1. The van der Waals surface area contributed by atoms with Gasteiger partial charge in [0, 0.05) is 6.61 Å². The molecule has 3 amide bonds. The average molecular weight is 260 g/mol. The summed E-state index contributed by atoms with van der Waals surface area (Å²) in [6.07, 6.45) is 1.05. The van der Waals surface area contributed by atoms with Gasteiger partial charge in [0.25, 0.3) is 17.7 Å². The van der Waals surface area contributed by atoms with E-state index in [4.69, 9.17) is 4.74 Å². The molecular weight excluding hydrogens is 248 g/mol.